The lowest BCUT2D eigenvalue weighted by atomic mass is 9.93. The minimum Gasteiger partial charge on any atom is -0.244 e. The molecule has 2 aromatic heterocycles. The molecule has 0 aliphatic rings. The summed E-state index contributed by atoms with van der Waals surface area (Å²) in [7, 11) is 0. The molecule has 0 spiro atoms. The second-order valence-electron chi connectivity index (χ2n) is 9.80. The molecule has 0 atom stereocenters. The van der Waals surface area contributed by atoms with Crippen LogP contribution in [0.4, 0.5) is 0 Å². The fraction of sp³-hybridized carbons (Fsp3) is 0. The summed E-state index contributed by atoms with van der Waals surface area (Å²) in [6, 6.07) is 47.0. The Kier molecular flexibility index (Phi) is 5.04. The van der Waals surface area contributed by atoms with Crippen molar-refractivity contribution in [3.8, 4) is 33.6 Å². The Bertz CT molecular complexity index is 2160. The molecule has 2 heterocycles. The van der Waals surface area contributed by atoms with Gasteiger partial charge in [0.1, 0.15) is 0 Å². The fourth-order valence-electron chi connectivity index (χ4n) is 5.65. The number of benzene rings is 6. The van der Waals surface area contributed by atoms with Gasteiger partial charge >= 0.3 is 0 Å². The van der Waals surface area contributed by atoms with Crippen molar-refractivity contribution in [1.29, 1.82) is 0 Å². The molecule has 0 N–H and O–H groups in total. The first-order valence-corrected chi connectivity index (χ1v) is 13.9. The van der Waals surface area contributed by atoms with Gasteiger partial charge in [0.15, 0.2) is 0 Å². The van der Waals surface area contributed by atoms with Crippen molar-refractivity contribution in [3.63, 3.8) is 0 Å². The van der Waals surface area contributed by atoms with Crippen LogP contribution in [-0.2, 0) is 0 Å². The van der Waals surface area contributed by atoms with E-state index in [1.165, 1.54) is 36.5 Å². The number of hydrogen-bond acceptors (Lipinski definition) is 3. The summed E-state index contributed by atoms with van der Waals surface area (Å²) in [5, 5.41) is 5.12. The van der Waals surface area contributed by atoms with Crippen molar-refractivity contribution in [2.75, 3.05) is 0 Å². The highest BCUT2D eigenvalue weighted by Gasteiger charge is 2.17. The first-order valence-electron chi connectivity index (χ1n) is 13.1. The van der Waals surface area contributed by atoms with Crippen molar-refractivity contribution in [3.05, 3.63) is 133 Å². The number of thiophene rings is 1. The molecule has 0 radical (unpaired) electrons. The van der Waals surface area contributed by atoms with E-state index >= 15 is 0 Å². The molecule has 0 aliphatic heterocycles. The monoisotopic (exact) mass is 514 g/mol. The van der Waals surface area contributed by atoms with E-state index in [9.17, 15) is 0 Å². The van der Waals surface area contributed by atoms with E-state index in [4.69, 9.17) is 9.97 Å². The Balaban J connectivity index is 1.44. The van der Waals surface area contributed by atoms with E-state index in [1.54, 1.807) is 0 Å². The maximum absolute atomic E-state index is 5.26. The first-order chi connectivity index (χ1) is 19.3. The van der Waals surface area contributed by atoms with Gasteiger partial charge in [-0.25, -0.2) is 9.97 Å². The summed E-state index contributed by atoms with van der Waals surface area (Å²) >= 11 is 1.86. The van der Waals surface area contributed by atoms with Crippen LogP contribution in [0.3, 0.4) is 0 Å². The standard InChI is InChI=1S/C36H22N2S/c1-3-11-23(12-4-1)35-36(24-13-5-2-6-14-24)38-30-21-26(19-20-29(30)37-35)33-27-16-8-7-15-25(27)22-32-34(33)28-17-9-10-18-31(28)39-32/h1-22H. The van der Waals surface area contributed by atoms with Crippen LogP contribution in [0.2, 0.25) is 0 Å². The predicted octanol–water partition coefficient (Wildman–Crippen LogP) is 10.2. The van der Waals surface area contributed by atoms with Gasteiger partial charge in [0.05, 0.1) is 22.4 Å². The number of rotatable bonds is 3. The average Bonchev–Trinajstić information content (AvgIpc) is 3.38. The molecule has 0 fully saturated rings. The van der Waals surface area contributed by atoms with Crippen LogP contribution in [-0.4, -0.2) is 9.97 Å². The van der Waals surface area contributed by atoms with Gasteiger partial charge in [-0.2, -0.15) is 0 Å². The maximum Gasteiger partial charge on any atom is 0.0973 e. The molecule has 2 nitrogen and oxygen atoms in total. The number of nitrogens with zero attached hydrogens (tertiary/aromatic N) is 2. The summed E-state index contributed by atoms with van der Waals surface area (Å²) in [5.74, 6) is 0. The van der Waals surface area contributed by atoms with Crippen molar-refractivity contribution in [2.24, 2.45) is 0 Å². The Morgan fingerprint density at radius 1 is 0.436 bits per heavy atom. The number of hydrogen-bond donors (Lipinski definition) is 0. The quantitative estimate of drug-likeness (QED) is 0.234. The van der Waals surface area contributed by atoms with Gasteiger partial charge in [0, 0.05) is 31.3 Å². The molecule has 3 heteroatoms. The second kappa shape index (κ2) is 8.87. The molecule has 6 aromatic carbocycles. The molecule has 182 valence electrons. The zero-order valence-electron chi connectivity index (χ0n) is 21.0. The third-order valence-electron chi connectivity index (χ3n) is 7.44. The van der Waals surface area contributed by atoms with Crippen LogP contribution in [0.1, 0.15) is 0 Å². The highest BCUT2D eigenvalue weighted by Crippen LogP contribution is 2.44. The average molecular weight is 515 g/mol. The molecule has 39 heavy (non-hydrogen) atoms. The zero-order valence-corrected chi connectivity index (χ0v) is 21.8. The summed E-state index contributed by atoms with van der Waals surface area (Å²) in [5.41, 5.74) is 8.14. The fourth-order valence-corrected chi connectivity index (χ4v) is 6.82. The first kappa shape index (κ1) is 22.2. The van der Waals surface area contributed by atoms with Crippen molar-refractivity contribution < 1.29 is 0 Å². The molecule has 0 aliphatic carbocycles. The molecular formula is C36H22N2S. The van der Waals surface area contributed by atoms with Crippen LogP contribution >= 0.6 is 11.3 Å². The van der Waals surface area contributed by atoms with Crippen molar-refractivity contribution >= 4 is 53.3 Å². The van der Waals surface area contributed by atoms with Crippen LogP contribution < -0.4 is 0 Å². The largest absolute Gasteiger partial charge is 0.244 e. The Morgan fingerprint density at radius 2 is 1.05 bits per heavy atom. The van der Waals surface area contributed by atoms with Gasteiger partial charge in [0.25, 0.3) is 0 Å². The lowest BCUT2D eigenvalue weighted by molar-refractivity contribution is 1.29. The van der Waals surface area contributed by atoms with Gasteiger partial charge in [0.2, 0.25) is 0 Å². The second-order valence-corrected chi connectivity index (χ2v) is 10.9. The normalized spacial score (nSPS) is 11.6. The van der Waals surface area contributed by atoms with E-state index in [1.807, 2.05) is 23.5 Å². The van der Waals surface area contributed by atoms with Crippen molar-refractivity contribution in [1.82, 2.24) is 9.97 Å². The Labute approximate surface area is 229 Å². The van der Waals surface area contributed by atoms with Crippen LogP contribution in [0.5, 0.6) is 0 Å². The SMILES string of the molecule is c1ccc(-c2nc3ccc(-c4c5ccccc5cc5sc6ccccc6c45)cc3nc2-c2ccccc2)cc1. The van der Waals surface area contributed by atoms with Gasteiger partial charge < -0.3 is 0 Å². The van der Waals surface area contributed by atoms with Gasteiger partial charge in [-0.3, -0.25) is 0 Å². The molecule has 8 rings (SSSR count). The van der Waals surface area contributed by atoms with Crippen LogP contribution in [0, 0.1) is 0 Å². The van der Waals surface area contributed by atoms with E-state index in [0.717, 1.165) is 39.1 Å². The van der Waals surface area contributed by atoms with E-state index in [2.05, 4.69) is 121 Å². The summed E-state index contributed by atoms with van der Waals surface area (Å²) in [6.07, 6.45) is 0. The molecule has 8 aromatic rings. The van der Waals surface area contributed by atoms with E-state index in [0.29, 0.717) is 0 Å². The number of fused-ring (bicyclic) bond motifs is 5. The third-order valence-corrected chi connectivity index (χ3v) is 8.55. The predicted molar refractivity (Wildman–Crippen MR) is 166 cm³/mol. The summed E-state index contributed by atoms with van der Waals surface area (Å²) in [4.78, 5) is 10.4. The molecule has 0 saturated carbocycles. The van der Waals surface area contributed by atoms with Gasteiger partial charge in [-0.15, -0.1) is 11.3 Å². The highest BCUT2D eigenvalue weighted by molar-refractivity contribution is 7.26. The molecule has 0 saturated heterocycles. The Morgan fingerprint density at radius 3 is 1.79 bits per heavy atom. The summed E-state index contributed by atoms with van der Waals surface area (Å²) in [6.45, 7) is 0. The van der Waals surface area contributed by atoms with Gasteiger partial charge in [-0.1, -0.05) is 109 Å². The lowest BCUT2D eigenvalue weighted by Gasteiger charge is -2.13. The van der Waals surface area contributed by atoms with Crippen LogP contribution in [0.25, 0.3) is 75.6 Å². The van der Waals surface area contributed by atoms with E-state index in [-0.39, 0.29) is 0 Å². The third kappa shape index (κ3) is 3.63. The highest BCUT2D eigenvalue weighted by atomic mass is 32.1. The topological polar surface area (TPSA) is 25.8 Å². The Hall–Kier alpha value is -4.86. The minimum absolute atomic E-state index is 0.893. The molecule has 0 bridgehead atoms. The van der Waals surface area contributed by atoms with E-state index < -0.39 is 0 Å². The zero-order chi connectivity index (χ0) is 25.8. The minimum atomic E-state index is 0.893. The van der Waals surface area contributed by atoms with Gasteiger partial charge in [-0.05, 0) is 46.2 Å². The maximum atomic E-state index is 5.26. The van der Waals surface area contributed by atoms with Crippen molar-refractivity contribution in [2.45, 2.75) is 0 Å². The summed E-state index contributed by atoms with van der Waals surface area (Å²) < 4.78 is 2.61. The lowest BCUT2D eigenvalue weighted by Crippen LogP contribution is -1.96. The van der Waals surface area contributed by atoms with Crippen LogP contribution in [0.15, 0.2) is 133 Å². The molecule has 0 unspecified atom stereocenters. The number of aromatic nitrogens is 2. The molecule has 0 amide bonds. The smallest absolute Gasteiger partial charge is 0.0973 e. The molecular weight excluding hydrogens is 492 g/mol.